The number of urea groups is 1. The van der Waals surface area contributed by atoms with Gasteiger partial charge in [0, 0.05) is 63.5 Å². The van der Waals surface area contributed by atoms with E-state index in [0.717, 1.165) is 30.8 Å². The van der Waals surface area contributed by atoms with E-state index >= 15 is 0 Å². The number of piperidine rings is 1. The summed E-state index contributed by atoms with van der Waals surface area (Å²) in [4.78, 5) is 42.9. The first kappa shape index (κ1) is 28.1. The third-order valence-electron chi connectivity index (χ3n) is 7.14. The Bertz CT molecular complexity index is 1360. The van der Waals surface area contributed by atoms with Gasteiger partial charge in [-0.1, -0.05) is 16.8 Å². The Hall–Kier alpha value is -3.42. The van der Waals surface area contributed by atoms with Crippen LogP contribution in [0.1, 0.15) is 53.4 Å². The van der Waals surface area contributed by atoms with E-state index in [2.05, 4.69) is 45.0 Å². The van der Waals surface area contributed by atoms with Crippen molar-refractivity contribution in [3.8, 4) is 10.6 Å². The molecule has 0 aromatic carbocycles. The molecule has 5 heterocycles. The van der Waals surface area contributed by atoms with E-state index in [1.807, 2.05) is 6.07 Å². The smallest absolute Gasteiger partial charge is 0.317 e. The summed E-state index contributed by atoms with van der Waals surface area (Å²) in [5, 5.41) is 17.2. The van der Waals surface area contributed by atoms with E-state index in [4.69, 9.17) is 16.1 Å². The number of nitrogens with one attached hydrogen (secondary N) is 3. The lowest BCUT2D eigenvalue weighted by Gasteiger charge is -2.34. The molecule has 0 aliphatic carbocycles. The fourth-order valence-electron chi connectivity index (χ4n) is 4.87. The molecule has 12 nitrogen and oxygen atoms in total. The zero-order valence-electron chi connectivity index (χ0n) is 22.5. The van der Waals surface area contributed by atoms with Crippen LogP contribution in [-0.2, 0) is 6.54 Å². The molecule has 2 fully saturated rings. The van der Waals surface area contributed by atoms with Gasteiger partial charge in [0.05, 0.1) is 15.8 Å². The lowest BCUT2D eigenvalue weighted by Crippen LogP contribution is -2.46. The van der Waals surface area contributed by atoms with Crippen molar-refractivity contribution < 1.29 is 18.9 Å². The minimum Gasteiger partial charge on any atom is -0.355 e. The fraction of sp³-hybridized carbons (Fsp3) is 0.500. The summed E-state index contributed by atoms with van der Waals surface area (Å²) in [5.41, 5.74) is 0.924. The van der Waals surface area contributed by atoms with Gasteiger partial charge in [-0.3, -0.25) is 14.3 Å². The zero-order valence-corrected chi connectivity index (χ0v) is 24.1. The van der Waals surface area contributed by atoms with Crippen LogP contribution in [0.15, 0.2) is 28.8 Å². The maximum Gasteiger partial charge on any atom is 0.317 e. The Morgan fingerprint density at radius 3 is 2.67 bits per heavy atom. The first-order chi connectivity index (χ1) is 19.3. The summed E-state index contributed by atoms with van der Waals surface area (Å²) < 4.78 is 7.61. The van der Waals surface area contributed by atoms with Crippen molar-refractivity contribution in [1.82, 2.24) is 40.7 Å². The molecule has 0 unspecified atom stereocenters. The predicted molar refractivity (Wildman–Crippen MR) is 151 cm³/mol. The molecule has 14 heteroatoms. The quantitative estimate of drug-likeness (QED) is 0.331. The van der Waals surface area contributed by atoms with Crippen LogP contribution in [0.5, 0.6) is 0 Å². The molecule has 2 aliphatic rings. The number of likely N-dealkylation sites (tertiary alicyclic amines) is 1. The molecular weight excluding hydrogens is 556 g/mol. The highest BCUT2D eigenvalue weighted by Gasteiger charge is 2.26. The van der Waals surface area contributed by atoms with Crippen molar-refractivity contribution in [1.29, 1.82) is 0 Å². The number of amides is 4. The van der Waals surface area contributed by atoms with Gasteiger partial charge in [0.2, 0.25) is 0 Å². The summed E-state index contributed by atoms with van der Waals surface area (Å²) in [5.74, 6) is -0.158. The van der Waals surface area contributed by atoms with E-state index in [1.165, 1.54) is 22.1 Å². The van der Waals surface area contributed by atoms with Gasteiger partial charge in [-0.2, -0.15) is 5.10 Å². The van der Waals surface area contributed by atoms with Crippen LogP contribution in [0.2, 0.25) is 4.34 Å². The van der Waals surface area contributed by atoms with E-state index in [9.17, 15) is 14.4 Å². The van der Waals surface area contributed by atoms with Crippen LogP contribution in [0, 0.1) is 0 Å². The fourth-order valence-corrected chi connectivity index (χ4v) is 5.86. The van der Waals surface area contributed by atoms with Gasteiger partial charge in [0.1, 0.15) is 11.4 Å². The molecule has 3 N–H and O–H groups in total. The monoisotopic (exact) mass is 588 g/mol. The van der Waals surface area contributed by atoms with Crippen molar-refractivity contribution in [2.45, 2.75) is 45.3 Å². The summed E-state index contributed by atoms with van der Waals surface area (Å²) in [6, 6.07) is 7.27. The Morgan fingerprint density at radius 1 is 1.20 bits per heavy atom. The molecule has 3 aromatic rings. The molecule has 0 saturated carbocycles. The van der Waals surface area contributed by atoms with E-state index < -0.39 is 5.91 Å². The standard InChI is InChI=1S/C26H33ClN8O4S/c1-16(2)33-9-5-17(6-10-33)30-25(37)20-14-19(24(36)28-7-11-34-12-8-29-26(34)38)31-35(20)15-18-13-21(39-32-18)22-3-4-23(27)40-22/h3-4,13-14,16-17H,5-12,15H2,1-2H3,(H,28,36)(H,29,38)(H,30,37). The van der Waals surface area contributed by atoms with Crippen LogP contribution in [-0.4, -0.2) is 93.9 Å². The summed E-state index contributed by atoms with van der Waals surface area (Å²) in [6.45, 7) is 8.16. The topological polar surface area (TPSA) is 138 Å². The van der Waals surface area contributed by atoms with Crippen molar-refractivity contribution in [2.24, 2.45) is 0 Å². The molecule has 0 radical (unpaired) electrons. The van der Waals surface area contributed by atoms with E-state index in [0.29, 0.717) is 41.5 Å². The molecular formula is C26H33ClN8O4S. The van der Waals surface area contributed by atoms with Gasteiger partial charge in [-0.15, -0.1) is 11.3 Å². The number of nitrogens with zero attached hydrogens (tertiary/aromatic N) is 5. The van der Waals surface area contributed by atoms with Gasteiger partial charge in [0.15, 0.2) is 11.5 Å². The number of halogens is 1. The average Bonchev–Trinajstić information content (AvgIpc) is 3.73. The minimum absolute atomic E-state index is 0.0389. The van der Waals surface area contributed by atoms with E-state index in [1.54, 1.807) is 17.0 Å². The first-order valence-corrected chi connectivity index (χ1v) is 14.6. The average molecular weight is 589 g/mol. The van der Waals surface area contributed by atoms with Crippen LogP contribution < -0.4 is 16.0 Å². The van der Waals surface area contributed by atoms with Gasteiger partial charge in [-0.05, 0) is 38.8 Å². The van der Waals surface area contributed by atoms with Crippen LogP contribution in [0.25, 0.3) is 10.6 Å². The third-order valence-corrected chi connectivity index (χ3v) is 8.39. The molecule has 0 spiro atoms. The van der Waals surface area contributed by atoms with Crippen molar-refractivity contribution in [3.63, 3.8) is 0 Å². The summed E-state index contributed by atoms with van der Waals surface area (Å²) >= 11 is 7.43. The highest BCUT2D eigenvalue weighted by Crippen LogP contribution is 2.31. The molecule has 0 atom stereocenters. The summed E-state index contributed by atoms with van der Waals surface area (Å²) in [6.07, 6.45) is 1.71. The Labute approximate surface area is 241 Å². The van der Waals surface area contributed by atoms with Crippen LogP contribution >= 0.6 is 22.9 Å². The Balaban J connectivity index is 1.29. The molecule has 0 bridgehead atoms. The highest BCUT2D eigenvalue weighted by molar-refractivity contribution is 7.19. The lowest BCUT2D eigenvalue weighted by atomic mass is 10.0. The molecule has 40 heavy (non-hydrogen) atoms. The first-order valence-electron chi connectivity index (χ1n) is 13.4. The zero-order chi connectivity index (χ0) is 28.2. The number of carbonyl (C=O) groups is 3. The third kappa shape index (κ3) is 6.65. The normalized spacial score (nSPS) is 16.5. The minimum atomic E-state index is -0.424. The largest absolute Gasteiger partial charge is 0.355 e. The molecule has 4 amide bonds. The predicted octanol–water partition coefficient (Wildman–Crippen LogP) is 2.66. The molecule has 5 rings (SSSR count). The van der Waals surface area contributed by atoms with E-state index in [-0.39, 0.29) is 42.5 Å². The number of hydrogen-bond acceptors (Lipinski definition) is 8. The van der Waals surface area contributed by atoms with Gasteiger partial charge in [-0.25, -0.2) is 4.79 Å². The van der Waals surface area contributed by atoms with Gasteiger partial charge >= 0.3 is 6.03 Å². The van der Waals surface area contributed by atoms with Crippen molar-refractivity contribution in [2.75, 3.05) is 39.3 Å². The second-order valence-electron chi connectivity index (χ2n) is 10.2. The van der Waals surface area contributed by atoms with Crippen molar-refractivity contribution >= 4 is 40.8 Å². The molecule has 3 aromatic heterocycles. The molecule has 214 valence electrons. The number of aromatic nitrogens is 3. The van der Waals surface area contributed by atoms with Crippen LogP contribution in [0.4, 0.5) is 4.79 Å². The number of carbonyl (C=O) groups excluding carboxylic acids is 3. The highest BCUT2D eigenvalue weighted by atomic mass is 35.5. The second kappa shape index (κ2) is 12.4. The second-order valence-corrected chi connectivity index (χ2v) is 11.9. The maximum absolute atomic E-state index is 13.4. The van der Waals surface area contributed by atoms with Crippen molar-refractivity contribution in [3.05, 3.63) is 45.7 Å². The molecule has 2 aliphatic heterocycles. The summed E-state index contributed by atoms with van der Waals surface area (Å²) in [7, 11) is 0. The maximum atomic E-state index is 13.4. The molecule has 2 saturated heterocycles. The van der Waals surface area contributed by atoms with Gasteiger partial charge < -0.3 is 30.3 Å². The Morgan fingerprint density at radius 2 is 2.00 bits per heavy atom. The van der Waals surface area contributed by atoms with Crippen LogP contribution in [0.3, 0.4) is 0 Å². The number of thiophene rings is 1. The SMILES string of the molecule is CC(C)N1CCC(NC(=O)c2cc(C(=O)NCCN3CCNC3=O)nn2Cc2cc(-c3ccc(Cl)s3)on2)CC1. The lowest BCUT2D eigenvalue weighted by molar-refractivity contribution is 0.0889. The van der Waals surface area contributed by atoms with Gasteiger partial charge in [0.25, 0.3) is 11.8 Å². The Kier molecular flexibility index (Phi) is 8.72. The number of hydrogen-bond donors (Lipinski definition) is 3. The number of rotatable bonds is 10.